The van der Waals surface area contributed by atoms with Crippen LogP contribution < -0.4 is 20.1 Å². The third-order valence-corrected chi connectivity index (χ3v) is 3.63. The first-order valence-electron chi connectivity index (χ1n) is 7.83. The third kappa shape index (κ3) is 3.25. The molecule has 0 unspecified atom stereocenters. The zero-order valence-electron chi connectivity index (χ0n) is 13.0. The molecule has 0 bridgehead atoms. The van der Waals surface area contributed by atoms with Crippen LogP contribution in [0.1, 0.15) is 0 Å². The van der Waals surface area contributed by atoms with E-state index >= 15 is 0 Å². The van der Waals surface area contributed by atoms with Gasteiger partial charge in [-0.2, -0.15) is 0 Å². The molecule has 2 heterocycles. The van der Waals surface area contributed by atoms with E-state index in [9.17, 15) is 0 Å². The van der Waals surface area contributed by atoms with Crippen molar-refractivity contribution in [2.75, 3.05) is 23.8 Å². The van der Waals surface area contributed by atoms with Gasteiger partial charge in [-0.15, -0.1) is 0 Å². The van der Waals surface area contributed by atoms with E-state index in [2.05, 4.69) is 15.6 Å². The standard InChI is InChI=1S/C19H17N3O2/c1-2-4-16(5-3-1)24-17-8-6-14(7-9-17)22-15-12-18-19(21-13-15)20-10-11-23-18/h1-9,12-13,22H,10-11H2,(H,20,21). The SMILES string of the molecule is c1ccc(Oc2ccc(Nc3cnc4c(c3)OCCN4)cc2)cc1. The normalized spacial score (nSPS) is 12.5. The molecule has 0 saturated carbocycles. The van der Waals surface area contributed by atoms with E-state index in [0.29, 0.717) is 6.61 Å². The van der Waals surface area contributed by atoms with Crippen molar-refractivity contribution in [3.63, 3.8) is 0 Å². The van der Waals surface area contributed by atoms with Crippen LogP contribution in [0.25, 0.3) is 0 Å². The number of pyridine rings is 1. The Morgan fingerprint density at radius 1 is 0.958 bits per heavy atom. The van der Waals surface area contributed by atoms with Crippen molar-refractivity contribution in [2.24, 2.45) is 0 Å². The predicted molar refractivity (Wildman–Crippen MR) is 94.5 cm³/mol. The molecular weight excluding hydrogens is 302 g/mol. The number of nitrogens with zero attached hydrogens (tertiary/aromatic N) is 1. The second-order valence-corrected chi connectivity index (χ2v) is 5.41. The fraction of sp³-hybridized carbons (Fsp3) is 0.105. The molecule has 5 heteroatoms. The first-order valence-corrected chi connectivity index (χ1v) is 7.83. The van der Waals surface area contributed by atoms with Gasteiger partial charge in [-0.25, -0.2) is 4.98 Å². The molecule has 1 aromatic heterocycles. The minimum atomic E-state index is 0.656. The molecule has 0 saturated heterocycles. The average Bonchev–Trinajstić information content (AvgIpc) is 2.64. The van der Waals surface area contributed by atoms with Gasteiger partial charge in [0, 0.05) is 11.8 Å². The van der Waals surface area contributed by atoms with Crippen molar-refractivity contribution in [1.29, 1.82) is 0 Å². The number of anilines is 3. The van der Waals surface area contributed by atoms with E-state index in [1.165, 1.54) is 0 Å². The number of ether oxygens (including phenoxy) is 2. The summed E-state index contributed by atoms with van der Waals surface area (Å²) in [5, 5.41) is 6.52. The second-order valence-electron chi connectivity index (χ2n) is 5.41. The van der Waals surface area contributed by atoms with Crippen molar-refractivity contribution in [3.8, 4) is 17.2 Å². The van der Waals surface area contributed by atoms with Gasteiger partial charge in [0.1, 0.15) is 18.1 Å². The molecule has 0 amide bonds. The Morgan fingerprint density at radius 2 is 1.75 bits per heavy atom. The van der Waals surface area contributed by atoms with Crippen molar-refractivity contribution < 1.29 is 9.47 Å². The number of nitrogens with one attached hydrogen (secondary N) is 2. The maximum Gasteiger partial charge on any atom is 0.169 e. The lowest BCUT2D eigenvalue weighted by molar-refractivity contribution is 0.321. The number of hydrogen-bond acceptors (Lipinski definition) is 5. The highest BCUT2D eigenvalue weighted by Crippen LogP contribution is 2.30. The average molecular weight is 319 g/mol. The summed E-state index contributed by atoms with van der Waals surface area (Å²) in [4.78, 5) is 4.37. The Labute approximate surface area is 140 Å². The van der Waals surface area contributed by atoms with Gasteiger partial charge in [0.05, 0.1) is 18.4 Å². The molecular formula is C19H17N3O2. The topological polar surface area (TPSA) is 55.4 Å². The Bertz CT molecular complexity index is 820. The maximum absolute atomic E-state index is 5.79. The lowest BCUT2D eigenvalue weighted by Crippen LogP contribution is -2.19. The quantitative estimate of drug-likeness (QED) is 0.745. The third-order valence-electron chi connectivity index (χ3n) is 3.63. The van der Waals surface area contributed by atoms with E-state index in [0.717, 1.165) is 41.0 Å². The summed E-state index contributed by atoms with van der Waals surface area (Å²) in [6.07, 6.45) is 1.79. The summed E-state index contributed by atoms with van der Waals surface area (Å²) in [5.41, 5.74) is 1.84. The molecule has 120 valence electrons. The Hall–Kier alpha value is -3.21. The first-order chi connectivity index (χ1) is 11.9. The van der Waals surface area contributed by atoms with Crippen LogP contribution in [-0.4, -0.2) is 18.1 Å². The van der Waals surface area contributed by atoms with Crippen molar-refractivity contribution in [2.45, 2.75) is 0 Å². The zero-order chi connectivity index (χ0) is 16.2. The van der Waals surface area contributed by atoms with Gasteiger partial charge in [-0.1, -0.05) is 18.2 Å². The van der Waals surface area contributed by atoms with Crippen LogP contribution in [-0.2, 0) is 0 Å². The molecule has 3 aromatic rings. The summed E-state index contributed by atoms with van der Waals surface area (Å²) < 4.78 is 11.4. The second kappa shape index (κ2) is 6.50. The van der Waals surface area contributed by atoms with Gasteiger partial charge in [0.25, 0.3) is 0 Å². The van der Waals surface area contributed by atoms with E-state index in [1.54, 1.807) is 6.20 Å². The fourth-order valence-corrected chi connectivity index (χ4v) is 2.48. The molecule has 0 spiro atoms. The van der Waals surface area contributed by atoms with Crippen molar-refractivity contribution >= 4 is 17.2 Å². The van der Waals surface area contributed by atoms with E-state index in [-0.39, 0.29) is 0 Å². The number of benzene rings is 2. The van der Waals surface area contributed by atoms with Gasteiger partial charge in [0.15, 0.2) is 11.6 Å². The van der Waals surface area contributed by atoms with Gasteiger partial charge in [0.2, 0.25) is 0 Å². The first kappa shape index (κ1) is 14.4. The van der Waals surface area contributed by atoms with Gasteiger partial charge >= 0.3 is 0 Å². The smallest absolute Gasteiger partial charge is 0.169 e. The van der Waals surface area contributed by atoms with E-state index in [4.69, 9.17) is 9.47 Å². The molecule has 4 rings (SSSR count). The van der Waals surface area contributed by atoms with Gasteiger partial charge in [-0.3, -0.25) is 0 Å². The van der Waals surface area contributed by atoms with Crippen LogP contribution in [0.4, 0.5) is 17.2 Å². The highest BCUT2D eigenvalue weighted by Gasteiger charge is 2.11. The summed E-state index contributed by atoms with van der Waals surface area (Å²) in [7, 11) is 0. The lowest BCUT2D eigenvalue weighted by atomic mass is 10.2. The van der Waals surface area contributed by atoms with Crippen LogP contribution in [0, 0.1) is 0 Å². The molecule has 0 atom stereocenters. The molecule has 2 aromatic carbocycles. The Kier molecular flexibility index (Phi) is 3.90. The Morgan fingerprint density at radius 3 is 2.58 bits per heavy atom. The van der Waals surface area contributed by atoms with Crippen LogP contribution in [0.2, 0.25) is 0 Å². The maximum atomic E-state index is 5.79. The van der Waals surface area contributed by atoms with E-state index < -0.39 is 0 Å². The lowest BCUT2D eigenvalue weighted by Gasteiger charge is -2.18. The monoisotopic (exact) mass is 319 g/mol. The molecule has 0 aliphatic carbocycles. The minimum absolute atomic E-state index is 0.656. The number of fused-ring (bicyclic) bond motifs is 1. The van der Waals surface area contributed by atoms with E-state index in [1.807, 2.05) is 60.7 Å². The molecule has 5 nitrogen and oxygen atoms in total. The van der Waals surface area contributed by atoms with Crippen LogP contribution in [0.3, 0.4) is 0 Å². The molecule has 1 aliphatic heterocycles. The molecule has 0 radical (unpaired) electrons. The van der Waals surface area contributed by atoms with Gasteiger partial charge in [-0.05, 0) is 36.4 Å². The largest absolute Gasteiger partial charge is 0.488 e. The minimum Gasteiger partial charge on any atom is -0.488 e. The molecule has 1 aliphatic rings. The predicted octanol–water partition coefficient (Wildman–Crippen LogP) is 4.42. The number of rotatable bonds is 4. The van der Waals surface area contributed by atoms with Crippen molar-refractivity contribution in [1.82, 2.24) is 4.98 Å². The highest BCUT2D eigenvalue weighted by atomic mass is 16.5. The summed E-state index contributed by atoms with van der Waals surface area (Å²) in [6.45, 7) is 1.44. The van der Waals surface area contributed by atoms with Gasteiger partial charge < -0.3 is 20.1 Å². The van der Waals surface area contributed by atoms with Crippen LogP contribution in [0.5, 0.6) is 17.2 Å². The summed E-state index contributed by atoms with van der Waals surface area (Å²) >= 11 is 0. The van der Waals surface area contributed by atoms with Crippen LogP contribution in [0.15, 0.2) is 66.9 Å². The summed E-state index contributed by atoms with van der Waals surface area (Å²) in [6, 6.07) is 19.5. The molecule has 0 fully saturated rings. The van der Waals surface area contributed by atoms with Crippen LogP contribution >= 0.6 is 0 Å². The Balaban J connectivity index is 1.45. The number of aromatic nitrogens is 1. The number of hydrogen-bond donors (Lipinski definition) is 2. The number of para-hydroxylation sites is 1. The zero-order valence-corrected chi connectivity index (χ0v) is 13.0. The highest BCUT2D eigenvalue weighted by molar-refractivity contribution is 5.65. The summed E-state index contributed by atoms with van der Waals surface area (Å²) in [5.74, 6) is 3.18. The molecule has 24 heavy (non-hydrogen) atoms. The van der Waals surface area contributed by atoms with Crippen molar-refractivity contribution in [3.05, 3.63) is 66.9 Å². The fourth-order valence-electron chi connectivity index (χ4n) is 2.48. The molecule has 2 N–H and O–H groups in total.